The van der Waals surface area contributed by atoms with Gasteiger partial charge in [0.1, 0.15) is 0 Å². The van der Waals surface area contributed by atoms with Gasteiger partial charge >= 0.3 is 5.97 Å². The van der Waals surface area contributed by atoms with Crippen molar-refractivity contribution in [1.29, 1.82) is 0 Å². The zero-order chi connectivity index (χ0) is 12.6. The van der Waals surface area contributed by atoms with Crippen LogP contribution in [0.3, 0.4) is 0 Å². The number of hydrogen-bond acceptors (Lipinski definition) is 2. The number of nitrogens with zero attached hydrogens (tertiary/aromatic N) is 1. The smallest absolute Gasteiger partial charge is 0.310 e. The van der Waals surface area contributed by atoms with Crippen LogP contribution in [0.4, 0.5) is 0 Å². The average molecular weight is 239 g/mol. The van der Waals surface area contributed by atoms with Crippen molar-refractivity contribution in [3.05, 3.63) is 0 Å². The first kappa shape index (κ1) is 12.9. The van der Waals surface area contributed by atoms with Gasteiger partial charge in [0.15, 0.2) is 0 Å². The zero-order valence-electron chi connectivity index (χ0n) is 11.3. The lowest BCUT2D eigenvalue weighted by molar-refractivity contribution is -0.152. The minimum Gasteiger partial charge on any atom is -0.481 e. The van der Waals surface area contributed by atoms with E-state index < -0.39 is 11.4 Å². The Kier molecular flexibility index (Phi) is 3.48. The van der Waals surface area contributed by atoms with E-state index in [1.54, 1.807) is 0 Å². The molecule has 0 radical (unpaired) electrons. The molecule has 3 nitrogen and oxygen atoms in total. The van der Waals surface area contributed by atoms with Gasteiger partial charge in [-0.3, -0.25) is 9.69 Å². The molecule has 2 aliphatic rings. The van der Waals surface area contributed by atoms with Gasteiger partial charge in [0.2, 0.25) is 0 Å². The largest absolute Gasteiger partial charge is 0.481 e. The lowest BCUT2D eigenvalue weighted by atomic mass is 9.71. The van der Waals surface area contributed by atoms with Crippen LogP contribution in [0.5, 0.6) is 0 Å². The van der Waals surface area contributed by atoms with E-state index in [1.807, 2.05) is 6.92 Å². The molecule has 0 aromatic carbocycles. The summed E-state index contributed by atoms with van der Waals surface area (Å²) in [4.78, 5) is 13.7. The minimum atomic E-state index is -0.623. The molecule has 98 valence electrons. The van der Waals surface area contributed by atoms with Crippen LogP contribution in [0.2, 0.25) is 0 Å². The summed E-state index contributed by atoms with van der Waals surface area (Å²) in [5, 5.41) is 9.30. The summed E-state index contributed by atoms with van der Waals surface area (Å²) >= 11 is 0. The second-order valence-electron chi connectivity index (χ2n) is 6.57. The Morgan fingerprint density at radius 3 is 2.59 bits per heavy atom. The fourth-order valence-corrected chi connectivity index (χ4v) is 3.24. The Bertz CT molecular complexity index is 297. The third kappa shape index (κ3) is 2.49. The zero-order valence-corrected chi connectivity index (χ0v) is 11.3. The second kappa shape index (κ2) is 4.60. The monoisotopic (exact) mass is 239 g/mol. The number of carbonyl (C=O) groups is 1. The molecule has 17 heavy (non-hydrogen) atoms. The highest BCUT2D eigenvalue weighted by Crippen LogP contribution is 2.40. The van der Waals surface area contributed by atoms with Crippen molar-refractivity contribution >= 4 is 5.97 Å². The minimum absolute atomic E-state index is 0.513. The molecule has 1 aliphatic heterocycles. The van der Waals surface area contributed by atoms with Crippen molar-refractivity contribution in [3.8, 4) is 0 Å². The molecule has 1 saturated heterocycles. The maximum absolute atomic E-state index is 11.3. The van der Waals surface area contributed by atoms with Crippen molar-refractivity contribution in [1.82, 2.24) is 4.90 Å². The van der Waals surface area contributed by atoms with Crippen LogP contribution in [0, 0.1) is 17.3 Å². The molecular weight excluding hydrogens is 214 g/mol. The van der Waals surface area contributed by atoms with E-state index in [9.17, 15) is 9.90 Å². The topological polar surface area (TPSA) is 40.5 Å². The van der Waals surface area contributed by atoms with Gasteiger partial charge in [-0.1, -0.05) is 13.8 Å². The van der Waals surface area contributed by atoms with E-state index in [2.05, 4.69) is 18.7 Å². The Balaban J connectivity index is 1.89. The highest BCUT2D eigenvalue weighted by atomic mass is 16.4. The van der Waals surface area contributed by atoms with E-state index in [0.717, 1.165) is 37.8 Å². The average Bonchev–Trinajstić information content (AvgIpc) is 2.14. The van der Waals surface area contributed by atoms with E-state index in [-0.39, 0.29) is 0 Å². The predicted molar refractivity (Wildman–Crippen MR) is 67.9 cm³/mol. The molecule has 0 amide bonds. The molecule has 0 bridgehead atoms. The summed E-state index contributed by atoms with van der Waals surface area (Å²) < 4.78 is 0. The van der Waals surface area contributed by atoms with E-state index in [4.69, 9.17) is 0 Å². The molecule has 0 aromatic heterocycles. The van der Waals surface area contributed by atoms with Crippen molar-refractivity contribution in [2.75, 3.05) is 13.1 Å². The van der Waals surface area contributed by atoms with Gasteiger partial charge in [-0.25, -0.2) is 0 Å². The first-order valence-electron chi connectivity index (χ1n) is 6.90. The highest BCUT2D eigenvalue weighted by Gasteiger charge is 2.43. The van der Waals surface area contributed by atoms with Gasteiger partial charge in [-0.05, 0) is 51.0 Å². The summed E-state index contributed by atoms with van der Waals surface area (Å²) in [6, 6.07) is 0.654. The molecule has 0 aromatic rings. The molecule has 3 heteroatoms. The molecule has 1 heterocycles. The van der Waals surface area contributed by atoms with E-state index >= 15 is 0 Å². The summed E-state index contributed by atoms with van der Waals surface area (Å²) in [5.41, 5.74) is -0.513. The molecule has 1 atom stereocenters. The highest BCUT2D eigenvalue weighted by molar-refractivity contribution is 5.74. The van der Waals surface area contributed by atoms with E-state index in [1.165, 1.54) is 12.8 Å². The summed E-state index contributed by atoms with van der Waals surface area (Å²) in [5.74, 6) is 1.02. The van der Waals surface area contributed by atoms with Gasteiger partial charge < -0.3 is 5.11 Å². The van der Waals surface area contributed by atoms with Crippen molar-refractivity contribution in [2.24, 2.45) is 17.3 Å². The lowest BCUT2D eigenvalue weighted by Crippen LogP contribution is -2.54. The number of carboxylic acids is 1. The van der Waals surface area contributed by atoms with Crippen LogP contribution >= 0.6 is 0 Å². The predicted octanol–water partition coefficient (Wildman–Crippen LogP) is 2.61. The Morgan fingerprint density at radius 2 is 2.06 bits per heavy atom. The lowest BCUT2D eigenvalue weighted by Gasteiger charge is -2.49. The second-order valence-corrected chi connectivity index (χ2v) is 6.57. The van der Waals surface area contributed by atoms with Crippen LogP contribution in [0.25, 0.3) is 0 Å². The summed E-state index contributed by atoms with van der Waals surface area (Å²) in [6.07, 6.45) is 4.41. The van der Waals surface area contributed by atoms with Crippen molar-refractivity contribution in [3.63, 3.8) is 0 Å². The molecule has 1 aliphatic carbocycles. The third-order valence-electron chi connectivity index (χ3n) is 4.85. The molecular formula is C14H25NO2. The third-order valence-corrected chi connectivity index (χ3v) is 4.85. The standard InChI is InChI=1S/C14H25NO2/c1-10(2)11-7-12(8-11)15-6-4-5-14(3,9-15)13(16)17/h10-12H,4-9H2,1-3H3,(H,16,17). The Labute approximate surface area is 104 Å². The van der Waals surface area contributed by atoms with Crippen LogP contribution in [0.15, 0.2) is 0 Å². The van der Waals surface area contributed by atoms with Crippen LogP contribution in [-0.4, -0.2) is 35.1 Å². The summed E-state index contributed by atoms with van der Waals surface area (Å²) in [6.45, 7) is 8.33. The van der Waals surface area contributed by atoms with Crippen LogP contribution < -0.4 is 0 Å². The number of piperidine rings is 1. The van der Waals surface area contributed by atoms with Gasteiger partial charge in [0, 0.05) is 12.6 Å². The maximum Gasteiger partial charge on any atom is 0.310 e. The summed E-state index contributed by atoms with van der Waals surface area (Å²) in [7, 11) is 0. The molecule has 1 unspecified atom stereocenters. The number of likely N-dealkylation sites (tertiary alicyclic amines) is 1. The first-order chi connectivity index (χ1) is 7.92. The van der Waals surface area contributed by atoms with Crippen LogP contribution in [0.1, 0.15) is 46.5 Å². The first-order valence-corrected chi connectivity index (χ1v) is 6.90. The Morgan fingerprint density at radius 1 is 1.41 bits per heavy atom. The number of rotatable bonds is 3. The van der Waals surface area contributed by atoms with Gasteiger partial charge in [0.05, 0.1) is 5.41 Å². The quantitative estimate of drug-likeness (QED) is 0.823. The van der Waals surface area contributed by atoms with Crippen LogP contribution in [-0.2, 0) is 4.79 Å². The fraction of sp³-hybridized carbons (Fsp3) is 0.929. The molecule has 1 N–H and O–H groups in total. The normalized spacial score (nSPS) is 39.1. The SMILES string of the molecule is CC(C)C1CC(N2CCCC(C)(C(=O)O)C2)C1. The maximum atomic E-state index is 11.3. The van der Waals surface area contributed by atoms with Gasteiger partial charge in [-0.15, -0.1) is 0 Å². The molecule has 1 saturated carbocycles. The van der Waals surface area contributed by atoms with Gasteiger partial charge in [-0.2, -0.15) is 0 Å². The Hall–Kier alpha value is -0.570. The van der Waals surface area contributed by atoms with Gasteiger partial charge in [0.25, 0.3) is 0 Å². The number of hydrogen-bond donors (Lipinski definition) is 1. The molecule has 2 rings (SSSR count). The van der Waals surface area contributed by atoms with Crippen molar-refractivity contribution < 1.29 is 9.90 Å². The fourth-order valence-electron chi connectivity index (χ4n) is 3.24. The van der Waals surface area contributed by atoms with Crippen molar-refractivity contribution in [2.45, 2.75) is 52.5 Å². The number of aliphatic carboxylic acids is 1. The number of carboxylic acid groups (broad SMARTS) is 1. The van der Waals surface area contributed by atoms with E-state index in [0.29, 0.717) is 6.04 Å². The molecule has 0 spiro atoms. The molecule has 2 fully saturated rings.